The lowest BCUT2D eigenvalue weighted by atomic mass is 10.2. The van der Waals surface area contributed by atoms with Gasteiger partial charge in [0.25, 0.3) is 5.91 Å². The zero-order valence-electron chi connectivity index (χ0n) is 17.0. The van der Waals surface area contributed by atoms with Crippen LogP contribution in [0.3, 0.4) is 0 Å². The van der Waals surface area contributed by atoms with Crippen molar-refractivity contribution in [1.29, 1.82) is 0 Å². The van der Waals surface area contributed by atoms with E-state index >= 15 is 0 Å². The van der Waals surface area contributed by atoms with Gasteiger partial charge in [-0.3, -0.25) is 4.79 Å². The summed E-state index contributed by atoms with van der Waals surface area (Å²) in [5, 5.41) is 15.2. The van der Waals surface area contributed by atoms with Crippen molar-refractivity contribution in [2.45, 2.75) is 13.0 Å². The average Bonchev–Trinajstić information content (AvgIpc) is 3.22. The van der Waals surface area contributed by atoms with E-state index in [0.717, 1.165) is 0 Å². The Kier molecular flexibility index (Phi) is 6.20. The van der Waals surface area contributed by atoms with Crippen LogP contribution < -0.4 is 14.8 Å². The van der Waals surface area contributed by atoms with Crippen LogP contribution >= 0.6 is 0 Å². The molecule has 1 N–H and O–H groups in total. The van der Waals surface area contributed by atoms with Crippen molar-refractivity contribution in [2.75, 3.05) is 13.2 Å². The van der Waals surface area contributed by atoms with E-state index in [2.05, 4.69) is 20.6 Å². The molecule has 0 saturated heterocycles. The van der Waals surface area contributed by atoms with Crippen LogP contribution in [0.5, 0.6) is 11.6 Å². The monoisotopic (exact) mass is 439 g/mol. The maximum absolute atomic E-state index is 13.2. The number of hydrogen-bond acceptors (Lipinski definition) is 6. The topological polar surface area (TPSA) is 90.6 Å². The average molecular weight is 439 g/mol. The Labute approximate surface area is 181 Å². The maximum Gasteiger partial charge on any atom is 0.260 e. The summed E-state index contributed by atoms with van der Waals surface area (Å²) in [6.07, 6.45) is -0.759. The summed E-state index contributed by atoms with van der Waals surface area (Å²) in [4.78, 5) is 12.2. The van der Waals surface area contributed by atoms with Crippen molar-refractivity contribution < 1.29 is 23.0 Å². The minimum Gasteiger partial charge on any atom is -0.481 e. The lowest BCUT2D eigenvalue weighted by Crippen LogP contribution is -2.38. The largest absolute Gasteiger partial charge is 0.481 e. The van der Waals surface area contributed by atoms with Crippen molar-refractivity contribution in [3.05, 3.63) is 72.3 Å². The summed E-state index contributed by atoms with van der Waals surface area (Å²) < 4.78 is 38.7. The number of hydrogen-bond donors (Lipinski definition) is 1. The SMILES string of the molecule is CC(Oc1ccc(F)cc1)C(=O)NCCOc1ccc2nnc(-c3ccc(F)cc3)n2n1. The highest BCUT2D eigenvalue weighted by Gasteiger charge is 2.14. The van der Waals surface area contributed by atoms with Crippen LogP contribution in [-0.2, 0) is 4.79 Å². The van der Waals surface area contributed by atoms with Crippen LogP contribution in [0.4, 0.5) is 8.78 Å². The number of benzene rings is 2. The van der Waals surface area contributed by atoms with Crippen molar-refractivity contribution >= 4 is 11.6 Å². The Morgan fingerprint density at radius 3 is 2.41 bits per heavy atom. The van der Waals surface area contributed by atoms with Gasteiger partial charge in [-0.15, -0.1) is 15.3 Å². The Morgan fingerprint density at radius 1 is 1.00 bits per heavy atom. The van der Waals surface area contributed by atoms with Crippen molar-refractivity contribution in [1.82, 2.24) is 25.1 Å². The number of carbonyl (C=O) groups is 1. The normalized spacial score (nSPS) is 11.8. The molecule has 1 amide bonds. The van der Waals surface area contributed by atoms with E-state index in [1.807, 2.05) is 0 Å². The van der Waals surface area contributed by atoms with Crippen LogP contribution in [0.1, 0.15) is 6.92 Å². The van der Waals surface area contributed by atoms with E-state index in [4.69, 9.17) is 9.47 Å². The number of ether oxygens (including phenoxy) is 2. The fraction of sp³-hybridized carbons (Fsp3) is 0.182. The Balaban J connectivity index is 1.31. The molecule has 4 aromatic rings. The molecule has 32 heavy (non-hydrogen) atoms. The first-order valence-corrected chi connectivity index (χ1v) is 9.81. The number of rotatable bonds is 8. The molecule has 1 atom stereocenters. The number of nitrogens with zero attached hydrogens (tertiary/aromatic N) is 4. The molecular weight excluding hydrogens is 420 g/mol. The summed E-state index contributed by atoms with van der Waals surface area (Å²) in [7, 11) is 0. The number of fused-ring (bicyclic) bond motifs is 1. The molecule has 0 spiro atoms. The van der Waals surface area contributed by atoms with Gasteiger partial charge >= 0.3 is 0 Å². The van der Waals surface area contributed by atoms with E-state index in [1.54, 1.807) is 31.2 Å². The second kappa shape index (κ2) is 9.38. The highest BCUT2D eigenvalue weighted by molar-refractivity contribution is 5.80. The molecule has 0 bridgehead atoms. The zero-order valence-corrected chi connectivity index (χ0v) is 17.0. The van der Waals surface area contributed by atoms with Crippen molar-refractivity contribution in [3.63, 3.8) is 0 Å². The van der Waals surface area contributed by atoms with E-state index in [-0.39, 0.29) is 30.7 Å². The van der Waals surface area contributed by atoms with Gasteiger partial charge in [-0.25, -0.2) is 8.78 Å². The number of carbonyl (C=O) groups excluding carboxylic acids is 1. The Hall–Kier alpha value is -4.08. The van der Waals surface area contributed by atoms with Gasteiger partial charge in [0.05, 0.1) is 6.54 Å². The van der Waals surface area contributed by atoms with Crippen LogP contribution in [0, 0.1) is 11.6 Å². The van der Waals surface area contributed by atoms with Crippen LogP contribution in [0.15, 0.2) is 60.7 Å². The molecule has 0 aliphatic carbocycles. The zero-order chi connectivity index (χ0) is 22.5. The van der Waals surface area contributed by atoms with Crippen LogP contribution in [0.25, 0.3) is 17.0 Å². The van der Waals surface area contributed by atoms with E-state index < -0.39 is 6.10 Å². The van der Waals surface area contributed by atoms with Gasteiger partial charge in [-0.2, -0.15) is 4.52 Å². The first kappa shape index (κ1) is 21.2. The van der Waals surface area contributed by atoms with E-state index in [1.165, 1.54) is 40.9 Å². The molecule has 0 saturated carbocycles. The van der Waals surface area contributed by atoms with E-state index in [0.29, 0.717) is 28.7 Å². The Morgan fingerprint density at radius 2 is 1.69 bits per heavy atom. The van der Waals surface area contributed by atoms with Crippen molar-refractivity contribution in [3.8, 4) is 23.0 Å². The molecule has 0 aliphatic heterocycles. The molecular formula is C22H19F2N5O3. The molecule has 0 fully saturated rings. The number of nitrogens with one attached hydrogen (secondary N) is 1. The van der Waals surface area contributed by atoms with E-state index in [9.17, 15) is 13.6 Å². The predicted molar refractivity (Wildman–Crippen MR) is 111 cm³/mol. The lowest BCUT2D eigenvalue weighted by Gasteiger charge is -2.14. The number of aromatic nitrogens is 4. The number of amides is 1. The van der Waals surface area contributed by atoms with Gasteiger partial charge in [0.2, 0.25) is 5.88 Å². The molecule has 0 aliphatic rings. The predicted octanol–water partition coefficient (Wildman–Crippen LogP) is 3.03. The second-order valence-electron chi connectivity index (χ2n) is 6.83. The molecule has 2 aromatic carbocycles. The second-order valence-corrected chi connectivity index (χ2v) is 6.83. The van der Waals surface area contributed by atoms with Crippen molar-refractivity contribution in [2.24, 2.45) is 0 Å². The van der Waals surface area contributed by atoms with Crippen LogP contribution in [-0.4, -0.2) is 45.0 Å². The quantitative estimate of drug-likeness (QED) is 0.425. The van der Waals surface area contributed by atoms with Gasteiger partial charge in [0.15, 0.2) is 17.6 Å². The molecule has 4 rings (SSSR count). The lowest BCUT2D eigenvalue weighted by molar-refractivity contribution is -0.127. The third-order valence-corrected chi connectivity index (χ3v) is 4.49. The van der Waals surface area contributed by atoms with Gasteiger partial charge in [0, 0.05) is 11.6 Å². The first-order chi connectivity index (χ1) is 15.5. The minimum absolute atomic E-state index is 0.168. The van der Waals surface area contributed by atoms with Crippen LogP contribution in [0.2, 0.25) is 0 Å². The molecule has 164 valence electrons. The van der Waals surface area contributed by atoms with Gasteiger partial charge in [0.1, 0.15) is 24.0 Å². The van der Waals surface area contributed by atoms with Gasteiger partial charge in [-0.1, -0.05) is 0 Å². The molecule has 8 nitrogen and oxygen atoms in total. The highest BCUT2D eigenvalue weighted by atomic mass is 19.1. The molecule has 2 aromatic heterocycles. The maximum atomic E-state index is 13.2. The summed E-state index contributed by atoms with van der Waals surface area (Å²) >= 11 is 0. The smallest absolute Gasteiger partial charge is 0.260 e. The first-order valence-electron chi connectivity index (χ1n) is 9.81. The van der Waals surface area contributed by atoms with Gasteiger partial charge in [-0.05, 0) is 61.5 Å². The standard InChI is InChI=1S/C22H19F2N5O3/c1-14(32-18-8-6-17(24)7-9-18)22(30)25-12-13-31-20-11-10-19-26-27-21(29(19)28-20)15-2-4-16(23)5-3-15/h2-11,14H,12-13H2,1H3,(H,25,30). The fourth-order valence-electron chi connectivity index (χ4n) is 2.87. The summed E-state index contributed by atoms with van der Waals surface area (Å²) in [6.45, 7) is 1.99. The summed E-state index contributed by atoms with van der Waals surface area (Å²) in [6, 6.07) is 14.6. The highest BCUT2D eigenvalue weighted by Crippen LogP contribution is 2.19. The minimum atomic E-state index is -0.759. The third kappa shape index (κ3) is 4.97. The Bertz CT molecular complexity index is 1210. The molecule has 10 heteroatoms. The fourth-order valence-corrected chi connectivity index (χ4v) is 2.87. The third-order valence-electron chi connectivity index (χ3n) is 4.49. The summed E-state index contributed by atoms with van der Waals surface area (Å²) in [5.41, 5.74) is 1.17. The molecule has 2 heterocycles. The number of halogens is 2. The molecule has 1 unspecified atom stereocenters. The molecule has 0 radical (unpaired) electrons. The van der Waals surface area contributed by atoms with Gasteiger partial charge < -0.3 is 14.8 Å². The summed E-state index contributed by atoms with van der Waals surface area (Å²) in [5.74, 6) is 0.0946.